The summed E-state index contributed by atoms with van der Waals surface area (Å²) in [6.45, 7) is 3.37. The molecule has 0 amide bonds. The van der Waals surface area contributed by atoms with Gasteiger partial charge in [0.1, 0.15) is 5.82 Å². The Morgan fingerprint density at radius 2 is 2.03 bits per heavy atom. The number of rotatable bonds is 4. The molecule has 2 bridgehead atoms. The van der Waals surface area contributed by atoms with Gasteiger partial charge in [-0.15, -0.1) is 0 Å². The van der Waals surface area contributed by atoms with Gasteiger partial charge in [-0.25, -0.2) is 4.98 Å². The minimum absolute atomic E-state index is 0.0383. The molecule has 6 heterocycles. The van der Waals surface area contributed by atoms with Crippen molar-refractivity contribution >= 4 is 22.5 Å². The smallest absolute Gasteiger partial charge is 0.169 e. The number of hydrogen-bond donors (Lipinski definition) is 2. The van der Waals surface area contributed by atoms with Crippen molar-refractivity contribution < 1.29 is 14.6 Å². The number of morpholine rings is 2. The van der Waals surface area contributed by atoms with E-state index in [2.05, 4.69) is 31.2 Å². The second-order valence-electron chi connectivity index (χ2n) is 8.17. The number of nitrogens with one attached hydrogen (secondary N) is 1. The standard InChI is InChI=1S/C20H25N7O3/c28-9-15-12-29-6-5-25(15)17-7-19(26-13-1-2-14(26)11-30-10-13)23-20-16(17)8-22-27(20)18-3-4-21-24-18/h3-4,7-8,13-15,28H,1-2,5-6,9-12H2,(H,21,24). The molecular formula is C20H25N7O3. The van der Waals surface area contributed by atoms with Crippen LogP contribution in [0.25, 0.3) is 16.9 Å². The van der Waals surface area contributed by atoms with Crippen molar-refractivity contribution in [1.29, 1.82) is 0 Å². The number of aromatic nitrogens is 5. The predicted molar refractivity (Wildman–Crippen MR) is 110 cm³/mol. The molecule has 3 aliphatic heterocycles. The van der Waals surface area contributed by atoms with Gasteiger partial charge in [0.25, 0.3) is 0 Å². The Balaban J connectivity index is 1.53. The van der Waals surface area contributed by atoms with Crippen LogP contribution in [0.5, 0.6) is 0 Å². The summed E-state index contributed by atoms with van der Waals surface area (Å²) in [5, 5.41) is 22.6. The largest absolute Gasteiger partial charge is 0.394 e. The van der Waals surface area contributed by atoms with Crippen LogP contribution in [0.2, 0.25) is 0 Å². The van der Waals surface area contributed by atoms with Gasteiger partial charge in [0.05, 0.1) is 74.6 Å². The van der Waals surface area contributed by atoms with E-state index in [9.17, 15) is 5.11 Å². The Kier molecular flexibility index (Phi) is 4.36. The maximum absolute atomic E-state index is 9.96. The summed E-state index contributed by atoms with van der Waals surface area (Å²) in [6.07, 6.45) is 5.80. The summed E-state index contributed by atoms with van der Waals surface area (Å²) in [4.78, 5) is 9.72. The van der Waals surface area contributed by atoms with Crippen molar-refractivity contribution in [3.8, 4) is 5.82 Å². The van der Waals surface area contributed by atoms with Crippen molar-refractivity contribution in [2.24, 2.45) is 0 Å². The Hall–Kier alpha value is -2.69. The number of pyridine rings is 1. The third-order valence-corrected chi connectivity index (χ3v) is 6.47. The van der Waals surface area contributed by atoms with Gasteiger partial charge in [-0.1, -0.05) is 0 Å². The van der Waals surface area contributed by atoms with E-state index in [1.165, 1.54) is 0 Å². The molecule has 10 nitrogen and oxygen atoms in total. The van der Waals surface area contributed by atoms with Gasteiger partial charge in [0.15, 0.2) is 11.5 Å². The Morgan fingerprint density at radius 3 is 2.80 bits per heavy atom. The molecule has 3 aromatic rings. The van der Waals surface area contributed by atoms with Crippen LogP contribution in [0.1, 0.15) is 12.8 Å². The fraction of sp³-hybridized carbons (Fsp3) is 0.550. The van der Waals surface area contributed by atoms with Crippen LogP contribution < -0.4 is 9.80 Å². The lowest BCUT2D eigenvalue weighted by Crippen LogP contribution is -2.48. The number of aliphatic hydroxyl groups excluding tert-OH is 1. The summed E-state index contributed by atoms with van der Waals surface area (Å²) < 4.78 is 13.2. The molecule has 0 aliphatic carbocycles. The van der Waals surface area contributed by atoms with E-state index in [0.29, 0.717) is 25.3 Å². The number of fused-ring (bicyclic) bond motifs is 3. The van der Waals surface area contributed by atoms with Crippen LogP contribution >= 0.6 is 0 Å². The summed E-state index contributed by atoms with van der Waals surface area (Å²) >= 11 is 0. The molecule has 0 radical (unpaired) electrons. The minimum atomic E-state index is -0.0888. The predicted octanol–water partition coefficient (Wildman–Crippen LogP) is 0.709. The zero-order valence-corrected chi connectivity index (χ0v) is 16.6. The van der Waals surface area contributed by atoms with Crippen molar-refractivity contribution in [3.63, 3.8) is 0 Å². The molecule has 3 aromatic heterocycles. The summed E-state index contributed by atoms with van der Waals surface area (Å²) in [5.41, 5.74) is 1.81. The maximum Gasteiger partial charge on any atom is 0.169 e. The minimum Gasteiger partial charge on any atom is -0.394 e. The topological polar surface area (TPSA) is 105 Å². The first-order valence-electron chi connectivity index (χ1n) is 10.5. The highest BCUT2D eigenvalue weighted by molar-refractivity contribution is 5.92. The quantitative estimate of drug-likeness (QED) is 0.647. The van der Waals surface area contributed by atoms with Gasteiger partial charge in [-0.2, -0.15) is 14.9 Å². The number of anilines is 2. The SMILES string of the molecule is OCC1COCCN1c1cc(N2C3CCC2COC3)nc2c1cnn2-c1ccn[nH]1. The highest BCUT2D eigenvalue weighted by atomic mass is 16.5. The van der Waals surface area contributed by atoms with Crippen molar-refractivity contribution in [2.45, 2.75) is 31.0 Å². The van der Waals surface area contributed by atoms with E-state index in [-0.39, 0.29) is 12.6 Å². The molecule has 30 heavy (non-hydrogen) atoms. The van der Waals surface area contributed by atoms with Crippen LogP contribution in [0.3, 0.4) is 0 Å². The van der Waals surface area contributed by atoms with Gasteiger partial charge < -0.3 is 24.4 Å². The Morgan fingerprint density at radius 1 is 1.17 bits per heavy atom. The van der Waals surface area contributed by atoms with E-state index in [4.69, 9.17) is 14.5 Å². The van der Waals surface area contributed by atoms with E-state index in [1.54, 1.807) is 10.9 Å². The van der Waals surface area contributed by atoms with Gasteiger partial charge >= 0.3 is 0 Å². The summed E-state index contributed by atoms with van der Waals surface area (Å²) in [7, 11) is 0. The third-order valence-electron chi connectivity index (χ3n) is 6.47. The van der Waals surface area contributed by atoms with Gasteiger partial charge in [-0.05, 0) is 12.8 Å². The lowest BCUT2D eigenvalue weighted by atomic mass is 10.1. The Bertz CT molecular complexity index is 1020. The third kappa shape index (κ3) is 2.78. The van der Waals surface area contributed by atoms with Gasteiger partial charge in [0.2, 0.25) is 0 Å². The van der Waals surface area contributed by atoms with Crippen molar-refractivity contribution in [3.05, 3.63) is 24.5 Å². The fourth-order valence-electron chi connectivity index (χ4n) is 5.01. The summed E-state index contributed by atoms with van der Waals surface area (Å²) in [5.74, 6) is 1.71. The normalized spacial score (nSPS) is 26.6. The molecule has 0 spiro atoms. The molecule has 0 saturated carbocycles. The van der Waals surface area contributed by atoms with E-state index >= 15 is 0 Å². The van der Waals surface area contributed by atoms with E-state index in [0.717, 1.165) is 61.0 Å². The highest BCUT2D eigenvalue weighted by Gasteiger charge is 2.39. The van der Waals surface area contributed by atoms with Gasteiger partial charge in [-0.3, -0.25) is 5.10 Å². The molecule has 10 heteroatoms. The Labute approximate surface area is 173 Å². The number of nitrogens with zero attached hydrogens (tertiary/aromatic N) is 6. The maximum atomic E-state index is 9.96. The number of H-pyrrole nitrogens is 1. The fourth-order valence-corrected chi connectivity index (χ4v) is 5.01. The molecule has 3 aliphatic rings. The molecular weight excluding hydrogens is 386 g/mol. The first kappa shape index (κ1) is 18.1. The summed E-state index contributed by atoms with van der Waals surface area (Å²) in [6, 6.07) is 4.65. The molecule has 6 rings (SSSR count). The lowest BCUT2D eigenvalue weighted by molar-refractivity contribution is 0.0728. The second-order valence-corrected chi connectivity index (χ2v) is 8.17. The first-order chi connectivity index (χ1) is 14.8. The zero-order chi connectivity index (χ0) is 20.1. The molecule has 2 N–H and O–H groups in total. The monoisotopic (exact) mass is 411 g/mol. The second kappa shape index (κ2) is 7.22. The molecule has 3 saturated heterocycles. The average molecular weight is 411 g/mol. The molecule has 0 aromatic carbocycles. The van der Waals surface area contributed by atoms with Crippen molar-refractivity contribution in [2.75, 3.05) is 49.4 Å². The number of hydrogen-bond acceptors (Lipinski definition) is 8. The van der Waals surface area contributed by atoms with Crippen LogP contribution in [-0.4, -0.2) is 87.8 Å². The molecule has 3 atom stereocenters. The number of ether oxygens (including phenoxy) is 2. The molecule has 3 unspecified atom stereocenters. The van der Waals surface area contributed by atoms with Crippen molar-refractivity contribution in [1.82, 2.24) is 25.0 Å². The lowest BCUT2D eigenvalue weighted by Gasteiger charge is -2.39. The zero-order valence-electron chi connectivity index (χ0n) is 16.6. The molecule has 158 valence electrons. The number of aliphatic hydroxyl groups is 1. The number of aromatic amines is 1. The van der Waals surface area contributed by atoms with Crippen LogP contribution in [-0.2, 0) is 9.47 Å². The van der Waals surface area contributed by atoms with Crippen LogP contribution in [0.15, 0.2) is 24.5 Å². The van der Waals surface area contributed by atoms with E-state index < -0.39 is 0 Å². The first-order valence-corrected chi connectivity index (χ1v) is 10.5. The van der Waals surface area contributed by atoms with Gasteiger partial charge in [0, 0.05) is 18.7 Å². The van der Waals surface area contributed by atoms with Crippen LogP contribution in [0, 0.1) is 0 Å². The average Bonchev–Trinajstić information content (AvgIpc) is 3.51. The van der Waals surface area contributed by atoms with E-state index in [1.807, 2.05) is 12.3 Å². The molecule has 3 fully saturated rings. The van der Waals surface area contributed by atoms with Crippen LogP contribution in [0.4, 0.5) is 11.5 Å². The highest BCUT2D eigenvalue weighted by Crippen LogP contribution is 2.38.